The van der Waals surface area contributed by atoms with Gasteiger partial charge in [0.25, 0.3) is 5.91 Å². The van der Waals surface area contributed by atoms with Crippen LogP contribution in [0.1, 0.15) is 49.2 Å². The molecule has 0 atom stereocenters. The van der Waals surface area contributed by atoms with Crippen LogP contribution in [0.15, 0.2) is 12.3 Å². The Balaban J connectivity index is 1.54. The summed E-state index contributed by atoms with van der Waals surface area (Å²) in [7, 11) is 1.77. The monoisotopic (exact) mass is 421 g/mol. The summed E-state index contributed by atoms with van der Waals surface area (Å²) in [6.07, 6.45) is 4.96. The van der Waals surface area contributed by atoms with Crippen LogP contribution in [0.5, 0.6) is 0 Å². The van der Waals surface area contributed by atoms with Crippen LogP contribution in [0, 0.1) is 12.8 Å². The molecule has 2 aromatic heterocycles. The number of hydrogen-bond donors (Lipinski definition) is 2. The summed E-state index contributed by atoms with van der Waals surface area (Å²) in [5, 5.41) is 3.42. The maximum atomic E-state index is 12.8. The lowest BCUT2D eigenvalue weighted by Crippen LogP contribution is -2.40. The van der Waals surface area contributed by atoms with E-state index in [1.165, 1.54) is 0 Å². The first-order valence-corrected chi connectivity index (χ1v) is 10.6. The normalized spacial score (nSPS) is 16.4. The Labute approximate surface area is 177 Å². The van der Waals surface area contributed by atoms with Crippen molar-refractivity contribution in [1.29, 1.82) is 0 Å². The molecule has 0 saturated carbocycles. The number of nitrogens with zero attached hydrogens (tertiary/aromatic N) is 3. The molecule has 2 aromatic rings. The predicted molar refractivity (Wildman–Crippen MR) is 117 cm³/mol. The minimum atomic E-state index is -0.160. The fourth-order valence-corrected chi connectivity index (χ4v) is 3.89. The molecule has 3 N–H and O–H groups in total. The Morgan fingerprint density at radius 3 is 2.76 bits per heavy atom. The van der Waals surface area contributed by atoms with Crippen molar-refractivity contribution < 1.29 is 9.53 Å². The summed E-state index contributed by atoms with van der Waals surface area (Å²) >= 11 is 6.22. The number of anilines is 1. The zero-order valence-corrected chi connectivity index (χ0v) is 18.6. The molecule has 0 bridgehead atoms. The quantitative estimate of drug-likeness (QED) is 0.717. The van der Waals surface area contributed by atoms with Crippen molar-refractivity contribution in [1.82, 2.24) is 19.6 Å². The Morgan fingerprint density at radius 2 is 2.10 bits per heavy atom. The van der Waals surface area contributed by atoms with Crippen LogP contribution in [0.4, 0.5) is 5.82 Å². The molecule has 1 saturated heterocycles. The average molecular weight is 422 g/mol. The number of piperidine rings is 1. The van der Waals surface area contributed by atoms with Gasteiger partial charge in [0.1, 0.15) is 5.82 Å². The summed E-state index contributed by atoms with van der Waals surface area (Å²) in [5.41, 5.74) is 7.71. The fourth-order valence-electron chi connectivity index (χ4n) is 3.69. The molecule has 1 aliphatic heterocycles. The molecule has 1 fully saturated rings. The van der Waals surface area contributed by atoms with E-state index >= 15 is 0 Å². The molecule has 7 nitrogen and oxygen atoms in total. The first-order chi connectivity index (χ1) is 13.7. The fraction of sp³-hybridized carbons (Fsp3) is 0.619. The third kappa shape index (κ3) is 5.21. The molecule has 3 rings (SSSR count). The zero-order chi connectivity index (χ0) is 21.2. The van der Waals surface area contributed by atoms with E-state index in [0.717, 1.165) is 44.6 Å². The first-order valence-electron chi connectivity index (χ1n) is 10.2. The standard InChI is InChI=1S/C21H32ClN5O2/c1-14-13-27-18(23)17(22)11-16(19(27)25-14)20(28)24-12-15-5-8-26(9-6-15)10-7-21(2,3)29-4/h11,13,15H,5-10,12,23H2,1-4H3,(H,24,28). The number of carbonyl (C=O) groups is 1. The number of nitrogens with one attached hydrogen (secondary N) is 1. The molecule has 0 aliphatic carbocycles. The molecule has 0 radical (unpaired) electrons. The number of nitrogens with two attached hydrogens (primary N) is 1. The third-order valence-electron chi connectivity index (χ3n) is 5.93. The van der Waals surface area contributed by atoms with Gasteiger partial charge in [-0.25, -0.2) is 4.98 Å². The summed E-state index contributed by atoms with van der Waals surface area (Å²) in [4.78, 5) is 19.7. The highest BCUT2D eigenvalue weighted by Crippen LogP contribution is 2.25. The van der Waals surface area contributed by atoms with Gasteiger partial charge in [-0.15, -0.1) is 0 Å². The van der Waals surface area contributed by atoms with E-state index in [4.69, 9.17) is 22.1 Å². The van der Waals surface area contributed by atoms with Gasteiger partial charge in [-0.3, -0.25) is 9.20 Å². The number of pyridine rings is 1. The van der Waals surface area contributed by atoms with E-state index in [9.17, 15) is 4.79 Å². The number of nitrogen functional groups attached to an aromatic ring is 1. The number of ether oxygens (including phenoxy) is 1. The minimum absolute atomic E-state index is 0.0816. The summed E-state index contributed by atoms with van der Waals surface area (Å²) in [6, 6.07) is 1.61. The van der Waals surface area contributed by atoms with Crippen LogP contribution in [-0.2, 0) is 4.74 Å². The number of imidazole rings is 1. The van der Waals surface area contributed by atoms with Gasteiger partial charge in [0.15, 0.2) is 5.65 Å². The maximum absolute atomic E-state index is 12.8. The topological polar surface area (TPSA) is 84.9 Å². The van der Waals surface area contributed by atoms with Gasteiger partial charge >= 0.3 is 0 Å². The average Bonchev–Trinajstić information content (AvgIpc) is 3.10. The molecule has 8 heteroatoms. The van der Waals surface area contributed by atoms with Crippen molar-refractivity contribution in [2.24, 2.45) is 5.92 Å². The summed E-state index contributed by atoms with van der Waals surface area (Å²) < 4.78 is 7.18. The second-order valence-corrected chi connectivity index (χ2v) is 8.98. The number of methoxy groups -OCH3 is 1. The number of aromatic nitrogens is 2. The Morgan fingerprint density at radius 1 is 1.41 bits per heavy atom. The zero-order valence-electron chi connectivity index (χ0n) is 17.8. The molecular formula is C21H32ClN5O2. The lowest BCUT2D eigenvalue weighted by atomic mass is 9.95. The predicted octanol–water partition coefficient (Wildman–Crippen LogP) is 3.14. The van der Waals surface area contributed by atoms with Crippen molar-refractivity contribution in [3.8, 4) is 0 Å². The van der Waals surface area contributed by atoms with E-state index in [2.05, 4.69) is 29.0 Å². The van der Waals surface area contributed by atoms with Gasteiger partial charge in [0.2, 0.25) is 0 Å². The van der Waals surface area contributed by atoms with Gasteiger partial charge in [-0.05, 0) is 65.1 Å². The van der Waals surface area contributed by atoms with Gasteiger partial charge < -0.3 is 20.7 Å². The van der Waals surface area contributed by atoms with Crippen molar-refractivity contribution in [3.05, 3.63) is 28.5 Å². The molecular weight excluding hydrogens is 390 g/mol. The van der Waals surface area contributed by atoms with Crippen molar-refractivity contribution in [2.45, 2.75) is 45.6 Å². The van der Waals surface area contributed by atoms with Crippen molar-refractivity contribution in [3.63, 3.8) is 0 Å². The van der Waals surface area contributed by atoms with Gasteiger partial charge in [0, 0.05) is 26.4 Å². The molecule has 0 unspecified atom stereocenters. The Bertz CT molecular complexity index is 872. The highest BCUT2D eigenvalue weighted by Gasteiger charge is 2.24. The van der Waals surface area contributed by atoms with Crippen LogP contribution in [0.2, 0.25) is 5.02 Å². The lowest BCUT2D eigenvalue weighted by Gasteiger charge is -2.34. The number of carbonyl (C=O) groups excluding carboxylic acids is 1. The van der Waals surface area contributed by atoms with E-state index in [1.807, 2.05) is 6.92 Å². The van der Waals surface area contributed by atoms with Crippen LogP contribution < -0.4 is 11.1 Å². The molecule has 0 aromatic carbocycles. The van der Waals surface area contributed by atoms with Crippen LogP contribution in [0.25, 0.3) is 5.65 Å². The summed E-state index contributed by atoms with van der Waals surface area (Å²) in [5.74, 6) is 0.710. The largest absolute Gasteiger partial charge is 0.384 e. The number of hydrogen-bond acceptors (Lipinski definition) is 5. The number of fused-ring (bicyclic) bond motifs is 1. The SMILES string of the molecule is COC(C)(C)CCN1CCC(CNC(=O)c2cc(Cl)c(N)n3cc(C)nc23)CC1. The molecule has 0 spiro atoms. The second-order valence-electron chi connectivity index (χ2n) is 8.58. The maximum Gasteiger partial charge on any atom is 0.255 e. The number of aryl methyl sites for hydroxylation is 1. The van der Waals surface area contributed by atoms with E-state index in [-0.39, 0.29) is 11.5 Å². The van der Waals surface area contributed by atoms with Gasteiger partial charge in [-0.2, -0.15) is 0 Å². The highest BCUT2D eigenvalue weighted by atomic mass is 35.5. The van der Waals surface area contributed by atoms with Gasteiger partial charge in [-0.1, -0.05) is 11.6 Å². The van der Waals surface area contributed by atoms with E-state index < -0.39 is 0 Å². The molecule has 160 valence electrons. The van der Waals surface area contributed by atoms with Crippen molar-refractivity contribution >= 4 is 29.0 Å². The number of amides is 1. The van der Waals surface area contributed by atoms with Crippen LogP contribution in [-0.4, -0.2) is 59.1 Å². The van der Waals surface area contributed by atoms with Crippen molar-refractivity contribution in [2.75, 3.05) is 39.0 Å². The van der Waals surface area contributed by atoms with E-state index in [1.54, 1.807) is 23.8 Å². The number of likely N-dealkylation sites (tertiary alicyclic amines) is 1. The third-order valence-corrected chi connectivity index (χ3v) is 6.23. The number of rotatable bonds is 7. The smallest absolute Gasteiger partial charge is 0.255 e. The Hall–Kier alpha value is -1.83. The minimum Gasteiger partial charge on any atom is -0.384 e. The molecule has 29 heavy (non-hydrogen) atoms. The van der Waals surface area contributed by atoms with E-state index in [0.29, 0.717) is 34.5 Å². The van der Waals surface area contributed by atoms with Crippen LogP contribution in [0.3, 0.4) is 0 Å². The molecule has 3 heterocycles. The first kappa shape index (κ1) is 21.9. The highest BCUT2D eigenvalue weighted by molar-refractivity contribution is 6.33. The lowest BCUT2D eigenvalue weighted by molar-refractivity contribution is 0.00488. The molecule has 1 aliphatic rings. The Kier molecular flexibility index (Phi) is 6.71. The second kappa shape index (κ2) is 8.90. The summed E-state index contributed by atoms with van der Waals surface area (Å²) in [6.45, 7) is 9.92. The number of halogens is 1. The molecule has 1 amide bonds. The van der Waals surface area contributed by atoms with Gasteiger partial charge in [0.05, 0.1) is 21.9 Å². The van der Waals surface area contributed by atoms with Crippen LogP contribution >= 0.6 is 11.6 Å².